The third-order valence-electron chi connectivity index (χ3n) is 2.03. The number of sulfone groups is 1. The van der Waals surface area contributed by atoms with E-state index in [2.05, 4.69) is 25.9 Å². The van der Waals surface area contributed by atoms with Crippen molar-refractivity contribution in [1.29, 1.82) is 0 Å². The third-order valence-corrected chi connectivity index (χ3v) is 3.50. The molecule has 0 atom stereocenters. The number of ether oxygens (including phenoxy) is 1. The molecule has 0 N–H and O–H groups in total. The zero-order valence-electron chi connectivity index (χ0n) is 9.84. The van der Waals surface area contributed by atoms with Crippen LogP contribution in [0.4, 0.5) is 5.95 Å². The second kappa shape index (κ2) is 5.63. The lowest BCUT2D eigenvalue weighted by molar-refractivity contribution is 0.394. The molecular formula is C9H14BrN3O3S. The molecule has 8 heteroatoms. The molecule has 1 heterocycles. The number of rotatable bonds is 5. The van der Waals surface area contributed by atoms with Crippen LogP contribution in [0, 0.1) is 0 Å². The van der Waals surface area contributed by atoms with Crippen molar-refractivity contribution in [1.82, 2.24) is 9.97 Å². The van der Waals surface area contributed by atoms with Crippen LogP contribution in [0.5, 0.6) is 5.88 Å². The average molecular weight is 324 g/mol. The number of hydrogen-bond donors (Lipinski definition) is 0. The summed E-state index contributed by atoms with van der Waals surface area (Å²) in [6, 6.07) is 0. The van der Waals surface area contributed by atoms with Crippen molar-refractivity contribution in [2.45, 2.75) is 0 Å². The fourth-order valence-electron chi connectivity index (χ4n) is 1.07. The Morgan fingerprint density at radius 3 is 2.71 bits per heavy atom. The summed E-state index contributed by atoms with van der Waals surface area (Å²) in [4.78, 5) is 9.89. The van der Waals surface area contributed by atoms with Gasteiger partial charge >= 0.3 is 0 Å². The SMILES string of the molecule is COc1nc(N(C)CCS(C)(=O)=O)ncc1Br. The summed E-state index contributed by atoms with van der Waals surface area (Å²) in [6.07, 6.45) is 2.77. The van der Waals surface area contributed by atoms with Crippen LogP contribution in [-0.4, -0.2) is 51.1 Å². The number of nitrogens with zero attached hydrogens (tertiary/aromatic N) is 3. The Bertz CT molecular complexity index is 492. The van der Waals surface area contributed by atoms with Gasteiger partial charge in [0.1, 0.15) is 9.84 Å². The Labute approximate surface area is 109 Å². The van der Waals surface area contributed by atoms with Gasteiger partial charge in [0.25, 0.3) is 0 Å². The van der Waals surface area contributed by atoms with Gasteiger partial charge in [-0.2, -0.15) is 4.98 Å². The molecule has 0 aliphatic heterocycles. The van der Waals surface area contributed by atoms with Gasteiger partial charge in [-0.05, 0) is 15.9 Å². The lowest BCUT2D eigenvalue weighted by atomic mass is 10.6. The molecule has 0 aromatic carbocycles. The number of halogens is 1. The Morgan fingerprint density at radius 1 is 1.53 bits per heavy atom. The summed E-state index contributed by atoms with van der Waals surface area (Å²) in [5.74, 6) is 0.903. The Hall–Kier alpha value is -0.890. The van der Waals surface area contributed by atoms with Crippen molar-refractivity contribution < 1.29 is 13.2 Å². The summed E-state index contributed by atoms with van der Waals surface area (Å²) in [5, 5.41) is 0. The molecule has 1 aromatic heterocycles. The van der Waals surface area contributed by atoms with E-state index in [1.54, 1.807) is 18.1 Å². The molecule has 0 saturated heterocycles. The predicted molar refractivity (Wildman–Crippen MR) is 69.3 cm³/mol. The first kappa shape index (κ1) is 14.2. The molecule has 6 nitrogen and oxygen atoms in total. The van der Waals surface area contributed by atoms with E-state index in [-0.39, 0.29) is 5.75 Å². The molecule has 96 valence electrons. The van der Waals surface area contributed by atoms with E-state index >= 15 is 0 Å². The van der Waals surface area contributed by atoms with E-state index in [9.17, 15) is 8.42 Å². The largest absolute Gasteiger partial charge is 0.480 e. The van der Waals surface area contributed by atoms with Crippen molar-refractivity contribution >= 4 is 31.7 Å². The van der Waals surface area contributed by atoms with Crippen LogP contribution < -0.4 is 9.64 Å². The number of anilines is 1. The first-order chi connectivity index (χ1) is 7.83. The topological polar surface area (TPSA) is 72.4 Å². The van der Waals surface area contributed by atoms with Crippen molar-refractivity contribution in [3.63, 3.8) is 0 Å². The minimum atomic E-state index is -2.99. The molecule has 0 bridgehead atoms. The fraction of sp³-hybridized carbons (Fsp3) is 0.556. The van der Waals surface area contributed by atoms with Crippen molar-refractivity contribution in [2.75, 3.05) is 37.6 Å². The van der Waals surface area contributed by atoms with Crippen LogP contribution in [0.15, 0.2) is 10.7 Å². The first-order valence-electron chi connectivity index (χ1n) is 4.79. The normalized spacial score (nSPS) is 11.3. The fourth-order valence-corrected chi connectivity index (χ4v) is 2.03. The lowest BCUT2D eigenvalue weighted by Crippen LogP contribution is -2.26. The molecule has 0 saturated carbocycles. The summed E-state index contributed by atoms with van der Waals surface area (Å²) >= 11 is 3.25. The van der Waals surface area contributed by atoms with Gasteiger partial charge < -0.3 is 9.64 Å². The van der Waals surface area contributed by atoms with Gasteiger partial charge in [-0.25, -0.2) is 13.4 Å². The average Bonchev–Trinajstić information content (AvgIpc) is 2.25. The highest BCUT2D eigenvalue weighted by molar-refractivity contribution is 9.10. The number of hydrogen-bond acceptors (Lipinski definition) is 6. The maximum atomic E-state index is 11.0. The van der Waals surface area contributed by atoms with E-state index in [4.69, 9.17) is 4.74 Å². The highest BCUT2D eigenvalue weighted by atomic mass is 79.9. The summed E-state index contributed by atoms with van der Waals surface area (Å²) in [5.41, 5.74) is 0. The first-order valence-corrected chi connectivity index (χ1v) is 7.64. The predicted octanol–water partition coefficient (Wildman–Crippen LogP) is 0.729. The van der Waals surface area contributed by atoms with Gasteiger partial charge in [-0.3, -0.25) is 0 Å². The zero-order valence-corrected chi connectivity index (χ0v) is 12.2. The van der Waals surface area contributed by atoms with Gasteiger partial charge in [0.2, 0.25) is 11.8 Å². The summed E-state index contributed by atoms with van der Waals surface area (Å²) in [6.45, 7) is 0.337. The highest BCUT2D eigenvalue weighted by Crippen LogP contribution is 2.22. The van der Waals surface area contributed by atoms with Crippen molar-refractivity contribution in [2.24, 2.45) is 0 Å². The van der Waals surface area contributed by atoms with Crippen LogP contribution in [-0.2, 0) is 9.84 Å². The van der Waals surface area contributed by atoms with Crippen LogP contribution >= 0.6 is 15.9 Å². The number of aromatic nitrogens is 2. The molecule has 1 aromatic rings. The van der Waals surface area contributed by atoms with E-state index in [1.807, 2.05) is 0 Å². The van der Waals surface area contributed by atoms with Crippen LogP contribution in [0.25, 0.3) is 0 Å². The molecule has 1 rings (SSSR count). The molecule has 0 spiro atoms. The van der Waals surface area contributed by atoms with Crippen LogP contribution in [0.1, 0.15) is 0 Å². The molecule has 0 aliphatic carbocycles. The summed E-state index contributed by atoms with van der Waals surface area (Å²) < 4.78 is 27.8. The minimum Gasteiger partial charge on any atom is -0.480 e. The van der Waals surface area contributed by atoms with Gasteiger partial charge in [0, 0.05) is 19.8 Å². The quantitative estimate of drug-likeness (QED) is 0.795. The highest BCUT2D eigenvalue weighted by Gasteiger charge is 2.11. The Balaban J connectivity index is 2.79. The van der Waals surface area contributed by atoms with Gasteiger partial charge in [-0.1, -0.05) is 0 Å². The second-order valence-corrected chi connectivity index (χ2v) is 6.69. The minimum absolute atomic E-state index is 0.0608. The van der Waals surface area contributed by atoms with E-state index in [0.29, 0.717) is 22.8 Å². The Morgan fingerprint density at radius 2 is 2.18 bits per heavy atom. The molecule has 0 aliphatic rings. The number of methoxy groups -OCH3 is 1. The smallest absolute Gasteiger partial charge is 0.232 e. The third kappa shape index (κ3) is 4.47. The van der Waals surface area contributed by atoms with E-state index in [0.717, 1.165) is 0 Å². The molecule has 0 radical (unpaired) electrons. The Kier molecular flexibility index (Phi) is 4.70. The van der Waals surface area contributed by atoms with Crippen molar-refractivity contribution in [3.8, 4) is 5.88 Å². The molecule has 17 heavy (non-hydrogen) atoms. The monoisotopic (exact) mass is 323 g/mol. The maximum absolute atomic E-state index is 11.0. The molecule has 0 amide bonds. The molecule has 0 unspecified atom stereocenters. The van der Waals surface area contributed by atoms with E-state index in [1.165, 1.54) is 13.4 Å². The van der Waals surface area contributed by atoms with Gasteiger partial charge in [0.15, 0.2) is 0 Å². The second-order valence-electron chi connectivity index (χ2n) is 3.58. The zero-order chi connectivity index (χ0) is 13.1. The van der Waals surface area contributed by atoms with Crippen LogP contribution in [0.3, 0.4) is 0 Å². The van der Waals surface area contributed by atoms with Gasteiger partial charge in [-0.15, -0.1) is 0 Å². The molecular weight excluding hydrogens is 310 g/mol. The van der Waals surface area contributed by atoms with Gasteiger partial charge in [0.05, 0.1) is 23.5 Å². The lowest BCUT2D eigenvalue weighted by Gasteiger charge is -2.16. The maximum Gasteiger partial charge on any atom is 0.232 e. The van der Waals surface area contributed by atoms with Crippen molar-refractivity contribution in [3.05, 3.63) is 10.7 Å². The van der Waals surface area contributed by atoms with E-state index < -0.39 is 9.84 Å². The summed E-state index contributed by atoms with van der Waals surface area (Å²) in [7, 11) is 0.249. The standard InChI is InChI=1S/C9H14BrN3O3S/c1-13(4-5-17(3,14)15)9-11-6-7(10)8(12-9)16-2/h6H,4-5H2,1-3H3. The molecule has 0 fully saturated rings. The van der Waals surface area contributed by atoms with Crippen LogP contribution in [0.2, 0.25) is 0 Å².